The van der Waals surface area contributed by atoms with Gasteiger partial charge in [0, 0.05) is 12.5 Å². The second kappa shape index (κ2) is 9.60. The largest absolute Gasteiger partial charge is 0.353 e. The highest BCUT2D eigenvalue weighted by Gasteiger charge is 2.53. The molecule has 1 atom stereocenters. The molecule has 4 aliphatic carbocycles. The van der Waals surface area contributed by atoms with Crippen molar-refractivity contribution in [1.29, 1.82) is 0 Å². The van der Waals surface area contributed by atoms with Crippen LogP contribution in [0.2, 0.25) is 0 Å². The Bertz CT molecular complexity index is 408. The zero-order valence-electron chi connectivity index (χ0n) is 17.5. The van der Waals surface area contributed by atoms with E-state index in [2.05, 4.69) is 19.2 Å². The van der Waals surface area contributed by atoms with E-state index in [0.717, 1.165) is 30.6 Å². The van der Waals surface area contributed by atoms with Crippen molar-refractivity contribution in [2.45, 2.75) is 123 Å². The third-order valence-corrected chi connectivity index (χ3v) is 7.89. The van der Waals surface area contributed by atoms with Crippen LogP contribution in [-0.2, 0) is 4.79 Å². The molecule has 0 radical (unpaired) electrons. The number of hydrogen-bond acceptors (Lipinski definition) is 1. The lowest BCUT2D eigenvalue weighted by molar-refractivity contribution is -0.126. The van der Waals surface area contributed by atoms with Crippen LogP contribution in [0.1, 0.15) is 117 Å². The Balaban J connectivity index is 1.28. The molecule has 0 spiro atoms. The Morgan fingerprint density at radius 2 is 1.31 bits per heavy atom. The summed E-state index contributed by atoms with van der Waals surface area (Å²) in [6, 6.07) is 0.391. The molecule has 4 bridgehead atoms. The molecule has 4 aliphatic rings. The number of rotatable bonds is 12. The van der Waals surface area contributed by atoms with Gasteiger partial charge in [0.15, 0.2) is 0 Å². The van der Waals surface area contributed by atoms with Crippen LogP contribution in [0.5, 0.6) is 0 Å². The minimum atomic E-state index is 0.316. The molecule has 4 rings (SSSR count). The van der Waals surface area contributed by atoms with Crippen molar-refractivity contribution in [1.82, 2.24) is 5.32 Å². The molecule has 0 aromatic rings. The van der Waals surface area contributed by atoms with Crippen LogP contribution in [0.3, 0.4) is 0 Å². The summed E-state index contributed by atoms with van der Waals surface area (Å²) in [6.07, 6.45) is 21.2. The van der Waals surface area contributed by atoms with Gasteiger partial charge < -0.3 is 5.32 Å². The molecule has 0 aromatic heterocycles. The maximum absolute atomic E-state index is 12.4. The summed E-state index contributed by atoms with van der Waals surface area (Å²) < 4.78 is 0. The van der Waals surface area contributed by atoms with E-state index in [1.54, 1.807) is 0 Å². The zero-order valence-corrected chi connectivity index (χ0v) is 17.5. The van der Waals surface area contributed by atoms with Crippen molar-refractivity contribution in [3.63, 3.8) is 0 Å². The van der Waals surface area contributed by atoms with Crippen LogP contribution in [0.15, 0.2) is 0 Å². The average molecular weight is 362 g/mol. The number of unbranched alkanes of at least 4 members (excludes halogenated alkanes) is 8. The first kappa shape index (κ1) is 20.2. The number of nitrogens with one attached hydrogen (secondary N) is 1. The molecule has 0 aliphatic heterocycles. The van der Waals surface area contributed by atoms with E-state index in [4.69, 9.17) is 0 Å². The van der Waals surface area contributed by atoms with E-state index >= 15 is 0 Å². The molecule has 150 valence electrons. The quantitative estimate of drug-likeness (QED) is 0.388. The summed E-state index contributed by atoms with van der Waals surface area (Å²) in [5, 5.41) is 3.42. The highest BCUT2D eigenvalue weighted by atomic mass is 16.1. The molecule has 4 saturated carbocycles. The maximum Gasteiger partial charge on any atom is 0.220 e. The number of carbonyl (C=O) groups excluding carboxylic acids is 1. The molecule has 0 heterocycles. The number of carbonyl (C=O) groups is 1. The van der Waals surface area contributed by atoms with Gasteiger partial charge >= 0.3 is 0 Å². The Morgan fingerprint density at radius 3 is 1.81 bits per heavy atom. The maximum atomic E-state index is 12.4. The van der Waals surface area contributed by atoms with E-state index in [-0.39, 0.29) is 0 Å². The van der Waals surface area contributed by atoms with Gasteiger partial charge in [-0.3, -0.25) is 4.79 Å². The number of amides is 1. The Kier molecular flexibility index (Phi) is 7.46. The Hall–Kier alpha value is -0.530. The lowest BCUT2D eigenvalue weighted by Gasteiger charge is -2.59. The van der Waals surface area contributed by atoms with Crippen molar-refractivity contribution in [3.05, 3.63) is 0 Å². The molecule has 1 amide bonds. The molecule has 0 saturated heterocycles. The molecule has 1 N–H and O–H groups in total. The SMILES string of the molecule is CCCCCCCCCCCC(=O)NC(C)C12CC3CC(CC(C3)C1)C2. The highest BCUT2D eigenvalue weighted by molar-refractivity contribution is 5.76. The van der Waals surface area contributed by atoms with Gasteiger partial charge in [-0.2, -0.15) is 0 Å². The summed E-state index contributed by atoms with van der Waals surface area (Å²) in [5.74, 6) is 3.23. The average Bonchev–Trinajstić information content (AvgIpc) is 2.59. The lowest BCUT2D eigenvalue weighted by atomic mass is 9.48. The molecule has 0 aromatic carbocycles. The molecule has 2 nitrogen and oxygen atoms in total. The first-order valence-corrected chi connectivity index (χ1v) is 11.9. The summed E-state index contributed by atoms with van der Waals surface area (Å²) in [4.78, 5) is 12.4. The van der Waals surface area contributed by atoms with Gasteiger partial charge in [0.1, 0.15) is 0 Å². The van der Waals surface area contributed by atoms with Crippen molar-refractivity contribution in [3.8, 4) is 0 Å². The second-order valence-corrected chi connectivity index (χ2v) is 10.1. The van der Waals surface area contributed by atoms with Crippen LogP contribution < -0.4 is 5.32 Å². The van der Waals surface area contributed by atoms with Crippen molar-refractivity contribution in [2.24, 2.45) is 23.2 Å². The van der Waals surface area contributed by atoms with E-state index in [1.807, 2.05) is 0 Å². The predicted molar refractivity (Wildman–Crippen MR) is 110 cm³/mol. The molecular formula is C24H43NO. The van der Waals surface area contributed by atoms with Crippen molar-refractivity contribution in [2.75, 3.05) is 0 Å². The van der Waals surface area contributed by atoms with Gasteiger partial charge in [-0.1, -0.05) is 58.3 Å². The van der Waals surface area contributed by atoms with Gasteiger partial charge in [-0.05, 0) is 75.0 Å². The third-order valence-electron chi connectivity index (χ3n) is 7.89. The molecule has 26 heavy (non-hydrogen) atoms. The van der Waals surface area contributed by atoms with Gasteiger partial charge in [-0.25, -0.2) is 0 Å². The van der Waals surface area contributed by atoms with Gasteiger partial charge in [0.25, 0.3) is 0 Å². The lowest BCUT2D eigenvalue weighted by Crippen LogP contribution is -2.55. The molecule has 4 fully saturated rings. The summed E-state index contributed by atoms with van der Waals surface area (Å²) in [5.41, 5.74) is 0.447. The van der Waals surface area contributed by atoms with Crippen LogP contribution in [0.25, 0.3) is 0 Å². The van der Waals surface area contributed by atoms with Gasteiger partial charge in [0.2, 0.25) is 5.91 Å². The molecule has 2 heteroatoms. The normalized spacial score (nSPS) is 33.4. The van der Waals surface area contributed by atoms with Crippen LogP contribution in [0.4, 0.5) is 0 Å². The second-order valence-electron chi connectivity index (χ2n) is 10.1. The fraction of sp³-hybridized carbons (Fsp3) is 0.958. The summed E-state index contributed by atoms with van der Waals surface area (Å²) in [7, 11) is 0. The van der Waals surface area contributed by atoms with Crippen LogP contribution >= 0.6 is 0 Å². The summed E-state index contributed by atoms with van der Waals surface area (Å²) in [6.45, 7) is 4.58. The van der Waals surface area contributed by atoms with Crippen molar-refractivity contribution >= 4 is 5.91 Å². The predicted octanol–water partition coefficient (Wildman–Crippen LogP) is 6.63. The Labute approximate surface area is 162 Å². The van der Waals surface area contributed by atoms with E-state index in [0.29, 0.717) is 17.4 Å². The van der Waals surface area contributed by atoms with E-state index in [1.165, 1.54) is 89.9 Å². The highest BCUT2D eigenvalue weighted by Crippen LogP contribution is 2.61. The summed E-state index contributed by atoms with van der Waals surface area (Å²) >= 11 is 0. The smallest absolute Gasteiger partial charge is 0.220 e. The minimum absolute atomic E-state index is 0.316. The first-order valence-electron chi connectivity index (χ1n) is 11.9. The molecular weight excluding hydrogens is 318 g/mol. The zero-order chi connectivity index (χ0) is 18.4. The van der Waals surface area contributed by atoms with Crippen molar-refractivity contribution < 1.29 is 4.79 Å². The number of hydrogen-bond donors (Lipinski definition) is 1. The van der Waals surface area contributed by atoms with E-state index in [9.17, 15) is 4.79 Å². The van der Waals surface area contributed by atoms with Gasteiger partial charge in [-0.15, -0.1) is 0 Å². The topological polar surface area (TPSA) is 29.1 Å². The first-order chi connectivity index (χ1) is 12.6. The standard InChI is InChI=1S/C24H43NO/c1-3-4-5-6-7-8-9-10-11-12-23(26)25-19(2)24-16-20-13-21(17-24)15-22(14-20)18-24/h19-22H,3-18H2,1-2H3,(H,25,26). The van der Waals surface area contributed by atoms with Crippen LogP contribution in [-0.4, -0.2) is 11.9 Å². The van der Waals surface area contributed by atoms with Crippen LogP contribution in [0, 0.1) is 23.2 Å². The molecule has 1 unspecified atom stereocenters. The minimum Gasteiger partial charge on any atom is -0.353 e. The van der Waals surface area contributed by atoms with E-state index < -0.39 is 0 Å². The third kappa shape index (κ3) is 5.26. The monoisotopic (exact) mass is 361 g/mol. The Morgan fingerprint density at radius 1 is 0.846 bits per heavy atom. The fourth-order valence-corrected chi connectivity index (χ4v) is 6.77. The van der Waals surface area contributed by atoms with Gasteiger partial charge in [0.05, 0.1) is 0 Å². The fourth-order valence-electron chi connectivity index (χ4n) is 6.77.